The van der Waals surface area contributed by atoms with Crippen LogP contribution in [0.4, 0.5) is 0 Å². The molecule has 0 aromatic carbocycles. The van der Waals surface area contributed by atoms with E-state index in [-0.39, 0.29) is 11.4 Å². The Morgan fingerprint density at radius 2 is 1.67 bits per heavy atom. The maximum atomic E-state index is 12.3. The van der Waals surface area contributed by atoms with E-state index in [2.05, 4.69) is 17.2 Å². The van der Waals surface area contributed by atoms with Crippen LogP contribution in [0.5, 0.6) is 0 Å². The van der Waals surface area contributed by atoms with E-state index in [9.17, 15) is 9.36 Å². The van der Waals surface area contributed by atoms with Crippen molar-refractivity contribution in [1.82, 2.24) is 10.6 Å². The number of hydrogen-bond donors (Lipinski definition) is 4. The molecule has 0 radical (unpaired) electrons. The summed E-state index contributed by atoms with van der Waals surface area (Å²) in [5, 5.41) is 5.58. The minimum atomic E-state index is -4.17. The van der Waals surface area contributed by atoms with Crippen LogP contribution in [0.25, 0.3) is 0 Å². The van der Waals surface area contributed by atoms with E-state index < -0.39 is 19.9 Å². The average Bonchev–Trinajstić information content (AvgIpc) is 2.41. The molecule has 0 bridgehead atoms. The summed E-state index contributed by atoms with van der Waals surface area (Å²) in [5.74, 6) is -0.207. The van der Waals surface area contributed by atoms with Gasteiger partial charge in [-0.25, -0.2) is 0 Å². The van der Waals surface area contributed by atoms with Crippen molar-refractivity contribution >= 4 is 13.5 Å². The van der Waals surface area contributed by atoms with E-state index in [1.54, 1.807) is 0 Å². The monoisotopic (exact) mass is 362 g/mol. The number of rotatable bonds is 13. The molecule has 0 aliphatic carbocycles. The Bertz CT molecular complexity index is 415. The molecule has 0 aliphatic heterocycles. The first kappa shape index (κ1) is 23.3. The van der Waals surface area contributed by atoms with Gasteiger partial charge in [0.05, 0.1) is 12.3 Å². The van der Waals surface area contributed by atoms with Gasteiger partial charge in [0.25, 0.3) is 0 Å². The van der Waals surface area contributed by atoms with E-state index in [0.29, 0.717) is 6.42 Å². The van der Waals surface area contributed by atoms with Crippen molar-refractivity contribution in [3.05, 3.63) is 12.7 Å². The summed E-state index contributed by atoms with van der Waals surface area (Å²) in [6, 6.07) is -0.572. The largest absolute Gasteiger partial charge is 0.350 e. The highest BCUT2D eigenvalue weighted by Crippen LogP contribution is 2.32. The quantitative estimate of drug-likeness (QED) is 0.229. The van der Waals surface area contributed by atoms with Crippen molar-refractivity contribution in [3.63, 3.8) is 0 Å². The van der Waals surface area contributed by atoms with E-state index in [0.717, 1.165) is 25.7 Å². The van der Waals surface area contributed by atoms with Crippen LogP contribution in [0, 0.1) is 0 Å². The van der Waals surface area contributed by atoms with Gasteiger partial charge in [-0.05, 0) is 40.0 Å². The van der Waals surface area contributed by atoms with Crippen LogP contribution in [0.2, 0.25) is 0 Å². The molecule has 1 unspecified atom stereocenters. The Balaban J connectivity index is 4.22. The zero-order chi connectivity index (χ0) is 18.6. The van der Waals surface area contributed by atoms with E-state index in [4.69, 9.17) is 9.79 Å². The Morgan fingerprint density at radius 3 is 2.17 bits per heavy atom. The van der Waals surface area contributed by atoms with Crippen molar-refractivity contribution in [3.8, 4) is 0 Å². The lowest BCUT2D eigenvalue weighted by Crippen LogP contribution is -2.50. The first-order chi connectivity index (χ1) is 11.0. The molecule has 0 aromatic heterocycles. The van der Waals surface area contributed by atoms with Gasteiger partial charge in [0, 0.05) is 5.54 Å². The fourth-order valence-corrected chi connectivity index (χ4v) is 2.81. The number of carbonyl (C=O) groups excluding carboxylic acids is 1. The van der Waals surface area contributed by atoms with Crippen molar-refractivity contribution in [2.75, 3.05) is 6.29 Å². The molecular weight excluding hydrogens is 327 g/mol. The molecule has 24 heavy (non-hydrogen) atoms. The fraction of sp³-hybridized carbons (Fsp3) is 0.824. The predicted molar refractivity (Wildman–Crippen MR) is 98.9 cm³/mol. The maximum Gasteiger partial charge on any atom is 0.339 e. The Labute approximate surface area is 146 Å². The second kappa shape index (κ2) is 11.8. The van der Waals surface area contributed by atoms with E-state index in [1.165, 1.54) is 19.3 Å². The molecule has 1 atom stereocenters. The number of carbonyl (C=O) groups is 1. The van der Waals surface area contributed by atoms with Crippen LogP contribution in [0.15, 0.2) is 12.7 Å². The summed E-state index contributed by atoms with van der Waals surface area (Å²) in [6.07, 6.45) is 9.62. The zero-order valence-corrected chi connectivity index (χ0v) is 16.3. The second-order valence-corrected chi connectivity index (χ2v) is 8.95. The Hall–Kier alpha value is -0.680. The highest BCUT2D eigenvalue weighted by Gasteiger charge is 2.24. The number of nitrogens with one attached hydrogen (secondary N) is 2. The smallest absolute Gasteiger partial charge is 0.339 e. The Morgan fingerprint density at radius 1 is 1.12 bits per heavy atom. The molecule has 0 aliphatic rings. The molecule has 0 saturated heterocycles. The van der Waals surface area contributed by atoms with Gasteiger partial charge in [0.15, 0.2) is 0 Å². The summed E-state index contributed by atoms with van der Waals surface area (Å²) in [6.45, 7) is 9.35. The van der Waals surface area contributed by atoms with Crippen LogP contribution >= 0.6 is 7.60 Å². The molecule has 7 heteroatoms. The standard InChI is InChI=1S/C17H35N2O4P/c1-5-6-7-8-9-10-11-12-13-15(18-14-24(21,22)23)16(20)19-17(2,3)4/h5,15,18H,1,6-14H2,2-4H3,(H,19,20)(H2,21,22,23). The second-order valence-electron chi connectivity index (χ2n) is 7.31. The topological polar surface area (TPSA) is 98.7 Å². The van der Waals surface area contributed by atoms with Gasteiger partial charge < -0.3 is 15.1 Å². The zero-order valence-electron chi connectivity index (χ0n) is 15.4. The van der Waals surface area contributed by atoms with Crippen molar-refractivity contribution in [1.29, 1.82) is 0 Å². The van der Waals surface area contributed by atoms with Crippen LogP contribution in [-0.2, 0) is 9.36 Å². The first-order valence-electron chi connectivity index (χ1n) is 8.76. The third kappa shape index (κ3) is 14.9. The van der Waals surface area contributed by atoms with Gasteiger partial charge in [-0.1, -0.05) is 38.2 Å². The van der Waals surface area contributed by atoms with Crippen LogP contribution in [-0.4, -0.2) is 33.6 Å². The summed E-state index contributed by atoms with van der Waals surface area (Å²) < 4.78 is 11.0. The molecule has 4 N–H and O–H groups in total. The first-order valence-corrected chi connectivity index (χ1v) is 10.6. The van der Waals surface area contributed by atoms with Gasteiger partial charge in [0.2, 0.25) is 5.91 Å². The highest BCUT2D eigenvalue weighted by molar-refractivity contribution is 7.51. The normalized spacial score (nSPS) is 13.5. The van der Waals surface area contributed by atoms with Crippen LogP contribution in [0.1, 0.15) is 72.1 Å². The van der Waals surface area contributed by atoms with Gasteiger partial charge in [-0.15, -0.1) is 6.58 Å². The molecule has 0 fully saturated rings. The molecule has 0 saturated carbocycles. The number of hydrogen-bond acceptors (Lipinski definition) is 3. The number of allylic oxidation sites excluding steroid dienone is 1. The third-order valence-corrected chi connectivity index (χ3v) is 4.10. The number of unbranched alkanes of at least 4 members (excludes halogenated alkanes) is 6. The summed E-state index contributed by atoms with van der Waals surface area (Å²) in [5.41, 5.74) is -0.371. The fourth-order valence-electron chi connectivity index (χ4n) is 2.36. The molecule has 0 heterocycles. The molecule has 0 rings (SSSR count). The molecule has 0 aromatic rings. The third-order valence-electron chi connectivity index (χ3n) is 3.51. The summed E-state index contributed by atoms with van der Waals surface area (Å²) >= 11 is 0. The van der Waals surface area contributed by atoms with Gasteiger partial charge in [-0.3, -0.25) is 14.7 Å². The minimum absolute atomic E-state index is 0.207. The van der Waals surface area contributed by atoms with Gasteiger partial charge >= 0.3 is 7.60 Å². The van der Waals surface area contributed by atoms with Crippen LogP contribution < -0.4 is 10.6 Å². The average molecular weight is 362 g/mol. The predicted octanol–water partition coefficient (Wildman–Crippen LogP) is 3.30. The van der Waals surface area contributed by atoms with E-state index in [1.807, 2.05) is 26.8 Å². The van der Waals surface area contributed by atoms with Crippen LogP contribution in [0.3, 0.4) is 0 Å². The highest BCUT2D eigenvalue weighted by atomic mass is 31.2. The van der Waals surface area contributed by atoms with E-state index >= 15 is 0 Å². The minimum Gasteiger partial charge on any atom is -0.350 e. The molecule has 6 nitrogen and oxygen atoms in total. The molecule has 1 amide bonds. The van der Waals surface area contributed by atoms with Gasteiger partial charge in [-0.2, -0.15) is 0 Å². The van der Waals surface area contributed by atoms with Crippen molar-refractivity contribution in [2.45, 2.75) is 83.7 Å². The van der Waals surface area contributed by atoms with Gasteiger partial charge in [0.1, 0.15) is 0 Å². The lowest BCUT2D eigenvalue weighted by atomic mass is 10.0. The molecule has 142 valence electrons. The lowest BCUT2D eigenvalue weighted by Gasteiger charge is -2.25. The maximum absolute atomic E-state index is 12.3. The Kier molecular flexibility index (Phi) is 11.5. The molecule has 0 spiro atoms. The summed E-state index contributed by atoms with van der Waals surface area (Å²) in [7, 11) is -4.17. The molecular formula is C17H35N2O4P. The lowest BCUT2D eigenvalue weighted by molar-refractivity contribution is -0.124. The summed E-state index contributed by atoms with van der Waals surface area (Å²) in [4.78, 5) is 30.3. The van der Waals surface area contributed by atoms with Crippen molar-refractivity contribution in [2.24, 2.45) is 0 Å². The van der Waals surface area contributed by atoms with Crippen molar-refractivity contribution < 1.29 is 19.1 Å². The number of amides is 1. The SMILES string of the molecule is C=CCCCCCCCCC(NCP(=O)(O)O)C(=O)NC(C)(C)C.